The van der Waals surface area contributed by atoms with Crippen molar-refractivity contribution in [1.82, 2.24) is 9.80 Å². The Balaban J connectivity index is 4.09. The zero-order chi connectivity index (χ0) is 19.5. The minimum atomic E-state index is 0.310. The zero-order valence-electron chi connectivity index (χ0n) is 18.5. The second-order valence-corrected chi connectivity index (χ2v) is 7.98. The average Bonchev–Trinajstić information content (AvgIpc) is 2.64. The van der Waals surface area contributed by atoms with Gasteiger partial charge in [0, 0.05) is 13.6 Å². The minimum Gasteiger partial charge on any atom is -0.345 e. The molecule has 0 aliphatic rings. The molecule has 26 heavy (non-hydrogen) atoms. The molecule has 3 nitrogen and oxygen atoms in total. The lowest BCUT2D eigenvalue weighted by molar-refractivity contribution is -0.131. The van der Waals surface area contributed by atoms with Gasteiger partial charge in [-0.3, -0.25) is 9.69 Å². The van der Waals surface area contributed by atoms with Gasteiger partial charge >= 0.3 is 0 Å². The number of hydrogen-bond acceptors (Lipinski definition) is 2. The van der Waals surface area contributed by atoms with E-state index in [9.17, 15) is 4.79 Å². The molecule has 0 atom stereocenters. The first-order valence-electron chi connectivity index (χ1n) is 11.6. The van der Waals surface area contributed by atoms with E-state index in [2.05, 4.69) is 25.7 Å². The van der Waals surface area contributed by atoms with Crippen molar-refractivity contribution in [2.45, 2.75) is 111 Å². The van der Waals surface area contributed by atoms with E-state index in [-0.39, 0.29) is 0 Å². The third-order valence-electron chi connectivity index (χ3n) is 5.29. The molecule has 0 heterocycles. The fourth-order valence-corrected chi connectivity index (χ4v) is 3.36. The summed E-state index contributed by atoms with van der Waals surface area (Å²) in [5.41, 5.74) is 0. The van der Waals surface area contributed by atoms with Crippen LogP contribution in [0.4, 0.5) is 0 Å². The summed E-state index contributed by atoms with van der Waals surface area (Å²) in [4.78, 5) is 17.0. The Hall–Kier alpha value is -0.570. The molecule has 0 saturated carbocycles. The van der Waals surface area contributed by atoms with Gasteiger partial charge in [-0.25, -0.2) is 0 Å². The summed E-state index contributed by atoms with van der Waals surface area (Å²) >= 11 is 0. The van der Waals surface area contributed by atoms with Gasteiger partial charge in [0.15, 0.2) is 0 Å². The number of amides is 1. The topological polar surface area (TPSA) is 23.6 Å². The van der Waals surface area contributed by atoms with Gasteiger partial charge in [0.2, 0.25) is 5.91 Å². The van der Waals surface area contributed by atoms with Crippen LogP contribution in [-0.2, 0) is 4.79 Å². The van der Waals surface area contributed by atoms with Crippen molar-refractivity contribution in [2.24, 2.45) is 0 Å². The zero-order valence-corrected chi connectivity index (χ0v) is 18.5. The second-order valence-electron chi connectivity index (χ2n) is 7.98. The maximum absolute atomic E-state index is 12.6. The van der Waals surface area contributed by atoms with Crippen molar-refractivity contribution in [3.05, 3.63) is 0 Å². The first-order valence-corrected chi connectivity index (χ1v) is 11.6. The molecule has 0 unspecified atom stereocenters. The second kappa shape index (κ2) is 19.2. The van der Waals surface area contributed by atoms with Crippen molar-refractivity contribution >= 4 is 5.91 Å². The maximum Gasteiger partial charge on any atom is 0.236 e. The molecule has 0 aromatic heterocycles. The number of carbonyl (C=O) groups excluding carboxylic acids is 1. The summed E-state index contributed by atoms with van der Waals surface area (Å²) in [6.07, 6.45) is 17.9. The highest BCUT2D eigenvalue weighted by molar-refractivity contribution is 5.77. The summed E-state index contributed by atoms with van der Waals surface area (Å²) in [5.74, 6) is 0.310. The van der Waals surface area contributed by atoms with E-state index in [0.29, 0.717) is 12.5 Å². The van der Waals surface area contributed by atoms with E-state index in [1.807, 2.05) is 11.9 Å². The number of rotatable bonds is 19. The van der Waals surface area contributed by atoms with Crippen molar-refractivity contribution < 1.29 is 4.79 Å². The van der Waals surface area contributed by atoms with Crippen LogP contribution in [0.1, 0.15) is 111 Å². The molecule has 1 amide bonds. The molecule has 0 aliphatic heterocycles. The van der Waals surface area contributed by atoms with E-state index in [1.54, 1.807) is 0 Å². The van der Waals surface area contributed by atoms with Crippen LogP contribution in [0.3, 0.4) is 0 Å². The SMILES string of the molecule is CCCCCCCCN(C)C(=O)CN(CCCCCC)CCCCCC. The molecule has 0 N–H and O–H groups in total. The lowest BCUT2D eigenvalue weighted by Gasteiger charge is -2.25. The predicted molar refractivity (Wildman–Crippen MR) is 116 cm³/mol. The Morgan fingerprint density at radius 2 is 0.962 bits per heavy atom. The summed E-state index contributed by atoms with van der Waals surface area (Å²) < 4.78 is 0. The van der Waals surface area contributed by atoms with Crippen LogP contribution in [0.15, 0.2) is 0 Å². The quantitative estimate of drug-likeness (QED) is 0.251. The minimum absolute atomic E-state index is 0.310. The predicted octanol–water partition coefficient (Wildman–Crippen LogP) is 6.27. The highest BCUT2D eigenvalue weighted by Crippen LogP contribution is 2.08. The summed E-state index contributed by atoms with van der Waals surface area (Å²) in [6.45, 7) is 10.5. The summed E-state index contributed by atoms with van der Waals surface area (Å²) in [7, 11) is 1.99. The largest absolute Gasteiger partial charge is 0.345 e. The molecule has 156 valence electrons. The molecule has 0 aliphatic carbocycles. The Bertz CT molecular complexity index is 295. The summed E-state index contributed by atoms with van der Waals surface area (Å²) in [5, 5.41) is 0. The van der Waals surface area contributed by atoms with Gasteiger partial charge < -0.3 is 4.90 Å². The van der Waals surface area contributed by atoms with Gasteiger partial charge in [-0.05, 0) is 32.4 Å². The van der Waals surface area contributed by atoms with E-state index in [4.69, 9.17) is 0 Å². The van der Waals surface area contributed by atoms with Crippen molar-refractivity contribution in [1.29, 1.82) is 0 Å². The fourth-order valence-electron chi connectivity index (χ4n) is 3.36. The third-order valence-corrected chi connectivity index (χ3v) is 5.29. The Morgan fingerprint density at radius 3 is 1.46 bits per heavy atom. The molecule has 0 aromatic rings. The Morgan fingerprint density at radius 1 is 0.577 bits per heavy atom. The molecule has 0 fully saturated rings. The van der Waals surface area contributed by atoms with Crippen LogP contribution in [0, 0.1) is 0 Å². The van der Waals surface area contributed by atoms with Crippen LogP contribution < -0.4 is 0 Å². The van der Waals surface area contributed by atoms with Gasteiger partial charge in [-0.2, -0.15) is 0 Å². The smallest absolute Gasteiger partial charge is 0.236 e. The Labute approximate surface area is 164 Å². The lowest BCUT2D eigenvalue weighted by atomic mass is 10.1. The van der Waals surface area contributed by atoms with Crippen molar-refractivity contribution in [2.75, 3.05) is 33.2 Å². The van der Waals surface area contributed by atoms with E-state index >= 15 is 0 Å². The molecular formula is C23H48N2O. The number of hydrogen-bond donors (Lipinski definition) is 0. The van der Waals surface area contributed by atoms with Crippen LogP contribution in [0.5, 0.6) is 0 Å². The number of likely N-dealkylation sites (N-methyl/N-ethyl adjacent to an activating group) is 1. The van der Waals surface area contributed by atoms with E-state index in [0.717, 1.165) is 26.1 Å². The van der Waals surface area contributed by atoms with Crippen molar-refractivity contribution in [3.8, 4) is 0 Å². The maximum atomic E-state index is 12.6. The fraction of sp³-hybridized carbons (Fsp3) is 0.957. The number of nitrogens with zero attached hydrogens (tertiary/aromatic N) is 2. The van der Waals surface area contributed by atoms with Gasteiger partial charge in [0.1, 0.15) is 0 Å². The molecular weight excluding hydrogens is 320 g/mol. The normalized spacial score (nSPS) is 11.3. The Kier molecular flexibility index (Phi) is 18.8. The standard InChI is InChI=1S/C23H48N2O/c1-5-8-11-14-15-16-19-24(4)23(26)22-25(20-17-12-9-6-2)21-18-13-10-7-3/h5-22H2,1-4H3. The highest BCUT2D eigenvalue weighted by atomic mass is 16.2. The van der Waals surface area contributed by atoms with Gasteiger partial charge in [-0.1, -0.05) is 91.4 Å². The monoisotopic (exact) mass is 368 g/mol. The first-order chi connectivity index (χ1) is 12.7. The number of carbonyl (C=O) groups is 1. The van der Waals surface area contributed by atoms with Gasteiger partial charge in [0.25, 0.3) is 0 Å². The first kappa shape index (κ1) is 25.4. The lowest BCUT2D eigenvalue weighted by Crippen LogP contribution is -2.39. The molecule has 0 spiro atoms. The highest BCUT2D eigenvalue weighted by Gasteiger charge is 2.14. The molecule has 0 saturated heterocycles. The van der Waals surface area contributed by atoms with E-state index in [1.165, 1.54) is 83.5 Å². The molecule has 0 bridgehead atoms. The van der Waals surface area contributed by atoms with E-state index < -0.39 is 0 Å². The number of unbranched alkanes of at least 4 members (excludes halogenated alkanes) is 11. The summed E-state index contributed by atoms with van der Waals surface area (Å²) in [6, 6.07) is 0. The van der Waals surface area contributed by atoms with Crippen LogP contribution in [-0.4, -0.2) is 48.9 Å². The van der Waals surface area contributed by atoms with Crippen LogP contribution in [0.25, 0.3) is 0 Å². The van der Waals surface area contributed by atoms with Crippen LogP contribution in [0.2, 0.25) is 0 Å². The van der Waals surface area contributed by atoms with Crippen LogP contribution >= 0.6 is 0 Å². The molecule has 3 heteroatoms. The molecule has 0 radical (unpaired) electrons. The molecule has 0 aromatic carbocycles. The van der Waals surface area contributed by atoms with Crippen molar-refractivity contribution in [3.63, 3.8) is 0 Å². The third kappa shape index (κ3) is 15.7. The molecule has 0 rings (SSSR count). The van der Waals surface area contributed by atoms with Gasteiger partial charge in [-0.15, -0.1) is 0 Å². The van der Waals surface area contributed by atoms with Gasteiger partial charge in [0.05, 0.1) is 6.54 Å². The average molecular weight is 369 g/mol.